The maximum atomic E-state index is 3.43. The highest BCUT2D eigenvalue weighted by Gasteiger charge is 1.97. The van der Waals surface area contributed by atoms with Gasteiger partial charge in [0.2, 0.25) is 0 Å². The van der Waals surface area contributed by atoms with Gasteiger partial charge in [-0.25, -0.2) is 0 Å². The molecule has 0 saturated heterocycles. The molecule has 0 radical (unpaired) electrons. The van der Waals surface area contributed by atoms with E-state index in [1.807, 2.05) is 0 Å². The predicted octanol–water partition coefficient (Wildman–Crippen LogP) is 4.10. The Bertz CT molecular complexity index is 261. The number of benzene rings is 1. The predicted molar refractivity (Wildman–Crippen MR) is 68.4 cm³/mol. The summed E-state index contributed by atoms with van der Waals surface area (Å²) in [5.41, 5.74) is 2.68. The third-order valence-electron chi connectivity index (χ3n) is 2.46. The van der Waals surface area contributed by atoms with Crippen molar-refractivity contribution in [3.63, 3.8) is 0 Å². The van der Waals surface area contributed by atoms with Crippen LogP contribution in [0.15, 0.2) is 24.3 Å². The van der Waals surface area contributed by atoms with Crippen LogP contribution < -0.4 is 5.32 Å². The topological polar surface area (TPSA) is 12.0 Å². The van der Waals surface area contributed by atoms with E-state index in [1.54, 1.807) is 0 Å². The Morgan fingerprint density at radius 2 is 1.80 bits per heavy atom. The minimum Gasteiger partial charge on any atom is -0.385 e. The molecule has 1 nitrogen and oxygen atoms in total. The molecule has 0 spiro atoms. The molecule has 1 rings (SSSR count). The Hall–Kier alpha value is -0.980. The van der Waals surface area contributed by atoms with E-state index < -0.39 is 0 Å². The second kappa shape index (κ2) is 6.49. The SMILES string of the molecule is CCCCNc1ccc(CC(C)C)cc1. The summed E-state index contributed by atoms with van der Waals surface area (Å²) in [6, 6.07) is 8.84. The van der Waals surface area contributed by atoms with Gasteiger partial charge in [0.1, 0.15) is 0 Å². The molecule has 0 aliphatic carbocycles. The molecule has 0 aliphatic heterocycles. The second-order valence-corrected chi connectivity index (χ2v) is 4.58. The van der Waals surface area contributed by atoms with Crippen LogP contribution in [0.2, 0.25) is 0 Å². The van der Waals surface area contributed by atoms with Crippen LogP contribution in [-0.2, 0) is 6.42 Å². The lowest BCUT2D eigenvalue weighted by atomic mass is 10.0. The number of hydrogen-bond donors (Lipinski definition) is 1. The van der Waals surface area contributed by atoms with Crippen molar-refractivity contribution in [2.75, 3.05) is 11.9 Å². The van der Waals surface area contributed by atoms with Crippen molar-refractivity contribution in [2.24, 2.45) is 5.92 Å². The van der Waals surface area contributed by atoms with Gasteiger partial charge in [0.25, 0.3) is 0 Å². The standard InChI is InChI=1S/C14H23N/c1-4-5-10-15-14-8-6-13(7-9-14)11-12(2)3/h6-9,12,15H,4-5,10-11H2,1-3H3. The van der Waals surface area contributed by atoms with Crippen molar-refractivity contribution >= 4 is 5.69 Å². The van der Waals surface area contributed by atoms with Gasteiger partial charge in [-0.15, -0.1) is 0 Å². The van der Waals surface area contributed by atoms with E-state index in [-0.39, 0.29) is 0 Å². The van der Waals surface area contributed by atoms with Gasteiger partial charge >= 0.3 is 0 Å². The molecular weight excluding hydrogens is 182 g/mol. The first kappa shape index (κ1) is 12.1. The lowest BCUT2D eigenvalue weighted by Crippen LogP contribution is -2.01. The smallest absolute Gasteiger partial charge is 0.0340 e. The van der Waals surface area contributed by atoms with Crippen LogP contribution >= 0.6 is 0 Å². The quantitative estimate of drug-likeness (QED) is 0.689. The zero-order valence-corrected chi connectivity index (χ0v) is 10.2. The fraction of sp³-hybridized carbons (Fsp3) is 0.571. The van der Waals surface area contributed by atoms with E-state index in [2.05, 4.69) is 50.4 Å². The highest BCUT2D eigenvalue weighted by atomic mass is 14.9. The molecular formula is C14H23N. The van der Waals surface area contributed by atoms with Gasteiger partial charge in [0.15, 0.2) is 0 Å². The maximum absolute atomic E-state index is 3.43. The Morgan fingerprint density at radius 3 is 2.33 bits per heavy atom. The van der Waals surface area contributed by atoms with Gasteiger partial charge in [0, 0.05) is 12.2 Å². The highest BCUT2D eigenvalue weighted by molar-refractivity contribution is 5.44. The van der Waals surface area contributed by atoms with Gasteiger partial charge in [-0.1, -0.05) is 39.3 Å². The molecule has 0 bridgehead atoms. The average molecular weight is 205 g/mol. The number of hydrogen-bond acceptors (Lipinski definition) is 1. The summed E-state index contributed by atoms with van der Waals surface area (Å²) in [5, 5.41) is 3.43. The largest absolute Gasteiger partial charge is 0.385 e. The third-order valence-corrected chi connectivity index (χ3v) is 2.46. The van der Waals surface area contributed by atoms with Gasteiger partial charge in [-0.3, -0.25) is 0 Å². The van der Waals surface area contributed by atoms with Crippen molar-refractivity contribution in [3.05, 3.63) is 29.8 Å². The average Bonchev–Trinajstić information content (AvgIpc) is 2.20. The fourth-order valence-electron chi connectivity index (χ4n) is 1.64. The van der Waals surface area contributed by atoms with Crippen molar-refractivity contribution < 1.29 is 0 Å². The highest BCUT2D eigenvalue weighted by Crippen LogP contribution is 2.12. The van der Waals surface area contributed by atoms with Gasteiger partial charge in [0.05, 0.1) is 0 Å². The van der Waals surface area contributed by atoms with E-state index in [0.717, 1.165) is 12.5 Å². The molecule has 1 aromatic carbocycles. The molecule has 0 atom stereocenters. The van der Waals surface area contributed by atoms with Crippen molar-refractivity contribution in [2.45, 2.75) is 40.0 Å². The molecule has 0 heterocycles. The summed E-state index contributed by atoms with van der Waals surface area (Å²) in [6.45, 7) is 7.81. The van der Waals surface area contributed by atoms with E-state index in [0.29, 0.717) is 0 Å². The Kier molecular flexibility index (Phi) is 5.23. The molecule has 1 aromatic rings. The Labute approximate surface area is 93.9 Å². The number of nitrogens with one attached hydrogen (secondary N) is 1. The molecule has 1 heteroatoms. The third kappa shape index (κ3) is 4.87. The van der Waals surface area contributed by atoms with Crippen LogP contribution in [0.4, 0.5) is 5.69 Å². The number of anilines is 1. The second-order valence-electron chi connectivity index (χ2n) is 4.58. The minimum atomic E-state index is 0.740. The van der Waals surface area contributed by atoms with Crippen LogP contribution in [0.25, 0.3) is 0 Å². The van der Waals surface area contributed by atoms with Crippen LogP contribution in [0.5, 0.6) is 0 Å². The zero-order chi connectivity index (χ0) is 11.1. The van der Waals surface area contributed by atoms with Crippen LogP contribution in [-0.4, -0.2) is 6.54 Å². The van der Waals surface area contributed by atoms with Gasteiger partial charge in [-0.05, 0) is 36.5 Å². The molecule has 1 N–H and O–H groups in total. The van der Waals surface area contributed by atoms with E-state index in [4.69, 9.17) is 0 Å². The molecule has 0 aromatic heterocycles. The minimum absolute atomic E-state index is 0.740. The van der Waals surface area contributed by atoms with Gasteiger partial charge < -0.3 is 5.32 Å². The fourth-order valence-corrected chi connectivity index (χ4v) is 1.64. The molecule has 0 unspecified atom stereocenters. The van der Waals surface area contributed by atoms with Crippen molar-refractivity contribution in [3.8, 4) is 0 Å². The lowest BCUT2D eigenvalue weighted by Gasteiger charge is -2.08. The molecule has 0 fully saturated rings. The zero-order valence-electron chi connectivity index (χ0n) is 10.2. The normalized spacial score (nSPS) is 10.7. The first-order chi connectivity index (χ1) is 7.22. The monoisotopic (exact) mass is 205 g/mol. The van der Waals surface area contributed by atoms with Crippen molar-refractivity contribution in [1.82, 2.24) is 0 Å². The maximum Gasteiger partial charge on any atom is 0.0340 e. The first-order valence-electron chi connectivity index (χ1n) is 6.05. The summed E-state index contributed by atoms with van der Waals surface area (Å²) in [6.07, 6.45) is 3.67. The molecule has 0 saturated carbocycles. The molecule has 15 heavy (non-hydrogen) atoms. The van der Waals surface area contributed by atoms with Crippen molar-refractivity contribution in [1.29, 1.82) is 0 Å². The summed E-state index contributed by atoms with van der Waals surface area (Å²) in [5.74, 6) is 0.740. The summed E-state index contributed by atoms with van der Waals surface area (Å²) >= 11 is 0. The molecule has 84 valence electrons. The Balaban J connectivity index is 2.42. The van der Waals surface area contributed by atoms with E-state index >= 15 is 0 Å². The summed E-state index contributed by atoms with van der Waals surface area (Å²) < 4.78 is 0. The van der Waals surface area contributed by atoms with E-state index in [1.165, 1.54) is 30.5 Å². The molecule has 0 amide bonds. The first-order valence-corrected chi connectivity index (χ1v) is 6.05. The summed E-state index contributed by atoms with van der Waals surface area (Å²) in [4.78, 5) is 0. The van der Waals surface area contributed by atoms with Crippen LogP contribution in [0.3, 0.4) is 0 Å². The number of rotatable bonds is 6. The van der Waals surface area contributed by atoms with E-state index in [9.17, 15) is 0 Å². The number of unbranched alkanes of at least 4 members (excludes halogenated alkanes) is 1. The summed E-state index contributed by atoms with van der Waals surface area (Å²) in [7, 11) is 0. The molecule has 0 aliphatic rings. The van der Waals surface area contributed by atoms with Crippen LogP contribution in [0.1, 0.15) is 39.2 Å². The Morgan fingerprint density at radius 1 is 1.13 bits per heavy atom. The lowest BCUT2D eigenvalue weighted by molar-refractivity contribution is 0.647. The van der Waals surface area contributed by atoms with Crippen LogP contribution in [0, 0.1) is 5.92 Å². The van der Waals surface area contributed by atoms with Gasteiger partial charge in [-0.2, -0.15) is 0 Å².